The first kappa shape index (κ1) is 19.4. The van der Waals surface area contributed by atoms with Gasteiger partial charge in [0.25, 0.3) is 0 Å². The van der Waals surface area contributed by atoms with E-state index in [1.807, 2.05) is 10.8 Å². The number of pyridine rings is 1. The summed E-state index contributed by atoms with van der Waals surface area (Å²) in [5, 5.41) is 3.73. The van der Waals surface area contributed by atoms with Crippen molar-refractivity contribution in [1.29, 1.82) is 0 Å². The Labute approximate surface area is 176 Å². The lowest BCUT2D eigenvalue weighted by atomic mass is 10.0. The summed E-state index contributed by atoms with van der Waals surface area (Å²) >= 11 is 0. The Kier molecular flexibility index (Phi) is 4.59. The molecule has 1 aliphatic heterocycles. The molecule has 6 nitrogen and oxygen atoms in total. The van der Waals surface area contributed by atoms with Crippen LogP contribution in [0.15, 0.2) is 47.4 Å². The number of halogens is 2. The van der Waals surface area contributed by atoms with E-state index in [4.69, 9.17) is 9.72 Å². The quantitative estimate of drug-likeness (QED) is 0.526. The van der Waals surface area contributed by atoms with Crippen molar-refractivity contribution in [3.63, 3.8) is 0 Å². The molecule has 0 fully saturated rings. The molecule has 0 aliphatic carbocycles. The third-order valence-corrected chi connectivity index (χ3v) is 5.78. The predicted octanol–water partition coefficient (Wildman–Crippen LogP) is 3.83. The van der Waals surface area contributed by atoms with Gasteiger partial charge in [-0.3, -0.25) is 4.79 Å². The second kappa shape index (κ2) is 7.31. The van der Waals surface area contributed by atoms with E-state index >= 15 is 0 Å². The molecule has 1 atom stereocenters. The van der Waals surface area contributed by atoms with Crippen LogP contribution in [0.25, 0.3) is 22.3 Å². The summed E-state index contributed by atoms with van der Waals surface area (Å²) < 4.78 is 34.5. The SMILES string of the molecule is COc1cc(C2Cn3cc(-c4[nH]c5ccc(F)cc5c(=O)c4C)nc3CN2)ccc1F. The Hall–Kier alpha value is -3.52. The fourth-order valence-electron chi connectivity index (χ4n) is 4.08. The Morgan fingerprint density at radius 3 is 2.84 bits per heavy atom. The monoisotopic (exact) mass is 422 g/mol. The molecule has 31 heavy (non-hydrogen) atoms. The minimum Gasteiger partial charge on any atom is -0.494 e. The third kappa shape index (κ3) is 3.29. The van der Waals surface area contributed by atoms with Gasteiger partial charge < -0.3 is 19.6 Å². The van der Waals surface area contributed by atoms with E-state index in [-0.39, 0.29) is 17.2 Å². The van der Waals surface area contributed by atoms with Crippen molar-refractivity contribution in [3.8, 4) is 17.1 Å². The van der Waals surface area contributed by atoms with Crippen molar-refractivity contribution >= 4 is 10.9 Å². The van der Waals surface area contributed by atoms with Crippen molar-refractivity contribution in [1.82, 2.24) is 19.9 Å². The van der Waals surface area contributed by atoms with Gasteiger partial charge in [0, 0.05) is 29.2 Å². The van der Waals surface area contributed by atoms with Gasteiger partial charge in [-0.2, -0.15) is 0 Å². The smallest absolute Gasteiger partial charge is 0.193 e. The zero-order valence-electron chi connectivity index (χ0n) is 17.0. The second-order valence-electron chi connectivity index (χ2n) is 7.67. The van der Waals surface area contributed by atoms with Crippen LogP contribution in [0, 0.1) is 18.6 Å². The number of benzene rings is 2. The molecule has 4 aromatic rings. The molecule has 0 bridgehead atoms. The molecule has 1 aliphatic rings. The van der Waals surface area contributed by atoms with Gasteiger partial charge in [-0.25, -0.2) is 13.8 Å². The number of hydrogen-bond acceptors (Lipinski definition) is 4. The van der Waals surface area contributed by atoms with E-state index in [0.29, 0.717) is 40.9 Å². The van der Waals surface area contributed by atoms with Crippen LogP contribution in [0.2, 0.25) is 0 Å². The van der Waals surface area contributed by atoms with Crippen molar-refractivity contribution in [2.24, 2.45) is 0 Å². The van der Waals surface area contributed by atoms with Crippen molar-refractivity contribution in [3.05, 3.63) is 81.4 Å². The highest BCUT2D eigenvalue weighted by atomic mass is 19.1. The number of rotatable bonds is 3. The molecule has 0 saturated carbocycles. The number of ether oxygens (including phenoxy) is 1. The Morgan fingerprint density at radius 1 is 1.19 bits per heavy atom. The normalized spacial score (nSPS) is 15.8. The molecule has 0 amide bonds. The molecule has 2 N–H and O–H groups in total. The average molecular weight is 422 g/mol. The summed E-state index contributed by atoms with van der Waals surface area (Å²) in [6, 6.07) is 8.92. The molecular formula is C23H20F2N4O2. The summed E-state index contributed by atoms with van der Waals surface area (Å²) in [7, 11) is 1.44. The van der Waals surface area contributed by atoms with Crippen LogP contribution in [0.1, 0.15) is 23.0 Å². The van der Waals surface area contributed by atoms with Crippen molar-refractivity contribution in [2.45, 2.75) is 26.1 Å². The van der Waals surface area contributed by atoms with Crippen molar-refractivity contribution < 1.29 is 13.5 Å². The molecule has 0 radical (unpaired) electrons. The highest BCUT2D eigenvalue weighted by molar-refractivity contribution is 5.82. The lowest BCUT2D eigenvalue weighted by Gasteiger charge is -2.25. The molecule has 3 heterocycles. The molecule has 5 rings (SSSR count). The lowest BCUT2D eigenvalue weighted by Crippen LogP contribution is -2.32. The first-order valence-electron chi connectivity index (χ1n) is 9.90. The van der Waals surface area contributed by atoms with Crippen LogP contribution in [0.3, 0.4) is 0 Å². The summed E-state index contributed by atoms with van der Waals surface area (Å²) in [6.45, 7) is 2.83. The van der Waals surface area contributed by atoms with Crippen LogP contribution in [0.4, 0.5) is 8.78 Å². The molecule has 0 saturated heterocycles. The topological polar surface area (TPSA) is 71.9 Å². The van der Waals surface area contributed by atoms with E-state index in [9.17, 15) is 13.6 Å². The van der Waals surface area contributed by atoms with Gasteiger partial charge in [0.1, 0.15) is 17.3 Å². The molecule has 158 valence electrons. The number of nitrogens with one attached hydrogen (secondary N) is 2. The van der Waals surface area contributed by atoms with Crippen LogP contribution in [-0.4, -0.2) is 21.6 Å². The fraction of sp³-hybridized carbons (Fsp3) is 0.217. The highest BCUT2D eigenvalue weighted by Crippen LogP contribution is 2.28. The molecule has 2 aromatic carbocycles. The van der Waals surface area contributed by atoms with Crippen LogP contribution in [0.5, 0.6) is 5.75 Å². The van der Waals surface area contributed by atoms with E-state index in [1.54, 1.807) is 25.1 Å². The van der Waals surface area contributed by atoms with Crippen LogP contribution < -0.4 is 15.5 Å². The summed E-state index contributed by atoms with van der Waals surface area (Å²) in [5.41, 5.74) is 3.01. The number of hydrogen-bond donors (Lipinski definition) is 2. The lowest BCUT2D eigenvalue weighted by molar-refractivity contribution is 0.376. The van der Waals surface area contributed by atoms with Gasteiger partial charge in [-0.05, 0) is 42.8 Å². The van der Waals surface area contributed by atoms with E-state index in [1.165, 1.54) is 25.3 Å². The molecule has 2 aromatic heterocycles. The van der Waals surface area contributed by atoms with Gasteiger partial charge in [-0.1, -0.05) is 6.07 Å². The van der Waals surface area contributed by atoms with Crippen LogP contribution in [-0.2, 0) is 13.1 Å². The van der Waals surface area contributed by atoms with Gasteiger partial charge in [-0.15, -0.1) is 0 Å². The zero-order valence-corrected chi connectivity index (χ0v) is 17.0. The highest BCUT2D eigenvalue weighted by Gasteiger charge is 2.23. The number of H-pyrrole nitrogens is 1. The first-order valence-corrected chi connectivity index (χ1v) is 9.90. The number of fused-ring (bicyclic) bond motifs is 2. The largest absolute Gasteiger partial charge is 0.494 e. The van der Waals surface area contributed by atoms with Gasteiger partial charge in [0.15, 0.2) is 17.0 Å². The Balaban J connectivity index is 1.51. The molecule has 1 unspecified atom stereocenters. The first-order chi connectivity index (χ1) is 14.9. The van der Waals surface area contributed by atoms with Crippen LogP contribution >= 0.6 is 0 Å². The zero-order chi connectivity index (χ0) is 21.7. The average Bonchev–Trinajstić information content (AvgIpc) is 3.20. The number of nitrogens with zero attached hydrogens (tertiary/aromatic N) is 2. The predicted molar refractivity (Wildman–Crippen MR) is 113 cm³/mol. The maximum atomic E-state index is 13.8. The van der Waals surface area contributed by atoms with E-state index < -0.39 is 11.6 Å². The maximum absolute atomic E-state index is 13.8. The summed E-state index contributed by atoms with van der Waals surface area (Å²) in [4.78, 5) is 20.7. The molecule has 0 spiro atoms. The molecular weight excluding hydrogens is 402 g/mol. The number of imidazole rings is 1. The van der Waals surface area contributed by atoms with Gasteiger partial charge >= 0.3 is 0 Å². The molecule has 8 heteroatoms. The van der Waals surface area contributed by atoms with Gasteiger partial charge in [0.05, 0.1) is 25.4 Å². The van der Waals surface area contributed by atoms with Gasteiger partial charge in [0.2, 0.25) is 0 Å². The van der Waals surface area contributed by atoms with E-state index in [2.05, 4.69) is 10.3 Å². The minimum atomic E-state index is -0.447. The number of aromatic nitrogens is 3. The minimum absolute atomic E-state index is 0.0382. The number of aromatic amines is 1. The number of methoxy groups -OCH3 is 1. The summed E-state index contributed by atoms with van der Waals surface area (Å²) in [6.07, 6.45) is 1.90. The second-order valence-corrected chi connectivity index (χ2v) is 7.67. The maximum Gasteiger partial charge on any atom is 0.193 e. The fourth-order valence-corrected chi connectivity index (χ4v) is 4.08. The Bertz CT molecular complexity index is 1380. The Morgan fingerprint density at radius 2 is 2.03 bits per heavy atom. The standard InChI is InChI=1S/C23H20F2N4O2/c1-12-22(28-17-6-4-14(24)8-15(17)23(12)30)19-11-29-10-18(26-9-21(29)27-19)13-3-5-16(25)20(7-13)31-2/h3-8,11,18,26H,9-10H2,1-2H3,(H,28,30). The summed E-state index contributed by atoms with van der Waals surface area (Å²) in [5.74, 6) is 0.192. The third-order valence-electron chi connectivity index (χ3n) is 5.78. The van der Waals surface area contributed by atoms with Crippen molar-refractivity contribution in [2.75, 3.05) is 7.11 Å². The van der Waals surface area contributed by atoms with E-state index in [0.717, 1.165) is 11.4 Å².